The third-order valence-electron chi connectivity index (χ3n) is 10.4. The van der Waals surface area contributed by atoms with Crippen LogP contribution < -0.4 is 29.6 Å². The first kappa shape index (κ1) is 43.1. The summed E-state index contributed by atoms with van der Waals surface area (Å²) < 4.78 is 68.2. The number of methoxy groups -OCH3 is 1. The van der Waals surface area contributed by atoms with Gasteiger partial charge in [-0.15, -0.1) is 6.58 Å². The molecule has 314 valence electrons. The van der Waals surface area contributed by atoms with Gasteiger partial charge >= 0.3 is 0 Å². The summed E-state index contributed by atoms with van der Waals surface area (Å²) in [7, 11) is -6.23. The lowest BCUT2D eigenvalue weighted by atomic mass is 9.85. The average Bonchev–Trinajstić information content (AvgIpc) is 4.06. The van der Waals surface area contributed by atoms with Crippen LogP contribution in [0.3, 0.4) is 0 Å². The average molecular weight is 859 g/mol. The molecular weight excluding hydrogens is 808 g/mol. The van der Waals surface area contributed by atoms with Crippen LogP contribution in [0.4, 0.5) is 5.69 Å². The van der Waals surface area contributed by atoms with Crippen molar-refractivity contribution in [2.45, 2.75) is 107 Å². The molecule has 6 rings (SSSR count). The number of carbonyl (C=O) groups excluding carboxylic acids is 3. The molecule has 15 nitrogen and oxygen atoms in total. The number of carbonyl (C=O) groups is 3. The predicted octanol–water partition coefficient (Wildman–Crippen LogP) is 4.52. The molecule has 0 unspecified atom stereocenters. The minimum Gasteiger partial charge on any atom is -0.494 e. The fraction of sp³-hybridized carbons (Fsp3) is 0.500. The summed E-state index contributed by atoms with van der Waals surface area (Å²) in [5, 5.41) is 7.07. The number of benzene rings is 2. The summed E-state index contributed by atoms with van der Waals surface area (Å²) in [5.41, 5.74) is -2.57. The number of ether oxygens (including phenoxy) is 2. The molecule has 2 saturated carbocycles. The van der Waals surface area contributed by atoms with Crippen LogP contribution >= 0.6 is 11.6 Å². The van der Waals surface area contributed by atoms with E-state index in [0.29, 0.717) is 40.1 Å². The van der Waals surface area contributed by atoms with Crippen LogP contribution in [0.1, 0.15) is 67.2 Å². The van der Waals surface area contributed by atoms with E-state index in [0.717, 1.165) is 0 Å². The highest BCUT2D eigenvalue weighted by molar-refractivity contribution is 7.91. The number of rotatable bonds is 14. The van der Waals surface area contributed by atoms with Crippen LogP contribution in [0.25, 0.3) is 10.8 Å². The van der Waals surface area contributed by atoms with E-state index in [2.05, 4.69) is 31.6 Å². The number of nitrogens with zero attached hydrogens (tertiary/aromatic N) is 2. The topological polar surface area (TPSA) is 202 Å². The third-order valence-corrected chi connectivity index (χ3v) is 14.2. The number of hydrogen-bond acceptors (Lipinski definition) is 11. The van der Waals surface area contributed by atoms with E-state index in [-0.39, 0.29) is 30.2 Å². The first-order chi connectivity index (χ1) is 27.0. The van der Waals surface area contributed by atoms with Gasteiger partial charge in [0.05, 0.1) is 30.0 Å². The van der Waals surface area contributed by atoms with E-state index in [4.69, 9.17) is 21.1 Å². The van der Waals surface area contributed by atoms with Crippen molar-refractivity contribution in [3.05, 3.63) is 66.3 Å². The van der Waals surface area contributed by atoms with E-state index in [1.807, 2.05) is 20.8 Å². The molecule has 4 N–H and O–H groups in total. The van der Waals surface area contributed by atoms with Crippen molar-refractivity contribution in [1.29, 1.82) is 0 Å². The largest absolute Gasteiger partial charge is 0.494 e. The Bertz CT molecular complexity index is 2340. The summed E-state index contributed by atoms with van der Waals surface area (Å²) in [6.45, 7) is 14.5. The zero-order valence-electron chi connectivity index (χ0n) is 33.6. The molecule has 1 saturated heterocycles. The second-order valence-corrected chi connectivity index (χ2v) is 21.4. The Morgan fingerprint density at radius 2 is 1.69 bits per heavy atom. The number of sulfonamides is 2. The second-order valence-electron chi connectivity index (χ2n) is 17.3. The lowest BCUT2D eigenvalue weighted by Gasteiger charge is -2.36. The maximum Gasteiger partial charge on any atom is 0.259 e. The zero-order chi connectivity index (χ0) is 42.6. The van der Waals surface area contributed by atoms with Gasteiger partial charge in [0, 0.05) is 39.4 Å². The fourth-order valence-corrected chi connectivity index (χ4v) is 10.1. The lowest BCUT2D eigenvalue weighted by Crippen LogP contribution is -2.58. The minimum atomic E-state index is -3.93. The van der Waals surface area contributed by atoms with Gasteiger partial charge in [-0.3, -0.25) is 19.1 Å². The predicted molar refractivity (Wildman–Crippen MR) is 220 cm³/mol. The van der Waals surface area contributed by atoms with Crippen LogP contribution in [0.5, 0.6) is 11.6 Å². The van der Waals surface area contributed by atoms with Gasteiger partial charge in [0.1, 0.15) is 29.5 Å². The fourth-order valence-electron chi connectivity index (χ4n) is 7.15. The van der Waals surface area contributed by atoms with Crippen LogP contribution in [-0.4, -0.2) is 92.6 Å². The standard InChI is InChI=1S/C40H51ClN6O9S2/c1-9-23-20-40(23,37(50)45-57(51,52)27-15-16-27)44-34(48)31-19-26(56-35-30-18-24(41)10-17-29(30)32(55-8)21-42-35)22-47(31)36(49)33(38(2,3)4)43-25-11-13-28(14-12-25)58(53,54)46-39(5,6)7/h9-14,17-18,21,23,26-27,31,33,43,46H,1,15-16,19-20,22H2,2-8H3,(H,44,48)(H,45,50)/t23-,26-,31+,33+,40-/m1/s1. The van der Waals surface area contributed by atoms with E-state index >= 15 is 0 Å². The molecule has 0 radical (unpaired) electrons. The summed E-state index contributed by atoms with van der Waals surface area (Å²) in [4.78, 5) is 48.8. The monoisotopic (exact) mass is 858 g/mol. The third kappa shape index (κ3) is 9.22. The number of pyridine rings is 1. The van der Waals surface area contributed by atoms with Gasteiger partial charge in [-0.05, 0) is 87.9 Å². The minimum absolute atomic E-state index is 0.00559. The molecule has 5 atom stereocenters. The molecule has 2 aromatic carbocycles. The molecular formula is C40H51ClN6O9S2. The van der Waals surface area contributed by atoms with Gasteiger partial charge in [0.15, 0.2) is 0 Å². The van der Waals surface area contributed by atoms with Gasteiger partial charge in [0.25, 0.3) is 5.91 Å². The number of anilines is 1. The quantitative estimate of drug-likeness (QED) is 0.166. The van der Waals surface area contributed by atoms with Crippen molar-refractivity contribution in [3.63, 3.8) is 0 Å². The Morgan fingerprint density at radius 1 is 1.02 bits per heavy atom. The SMILES string of the molecule is C=C[C@@H]1C[C@]1(NC(=O)[C@@H]1C[C@@H](Oc2ncc(OC)c3ccc(Cl)cc23)CN1C(=O)[C@H](Nc1ccc(S(=O)(=O)NC(C)(C)C)cc1)C(C)(C)C)C(=O)NS(=O)(=O)C1CC1. The maximum absolute atomic E-state index is 14.8. The number of halogens is 1. The van der Waals surface area contributed by atoms with Crippen LogP contribution in [0.2, 0.25) is 5.02 Å². The first-order valence-corrected chi connectivity index (χ1v) is 22.4. The van der Waals surface area contributed by atoms with E-state index < -0.39 is 83.6 Å². The summed E-state index contributed by atoms with van der Waals surface area (Å²) in [6.07, 6.45) is 3.24. The number of likely N-dealkylation sites (tertiary alicyclic amines) is 1. The Hall–Kier alpha value is -4.45. The molecule has 0 bridgehead atoms. The molecule has 3 aliphatic rings. The van der Waals surface area contributed by atoms with Gasteiger partial charge in [0.2, 0.25) is 37.7 Å². The van der Waals surface area contributed by atoms with Crippen molar-refractivity contribution in [2.75, 3.05) is 19.0 Å². The number of nitrogens with one attached hydrogen (secondary N) is 4. The van der Waals surface area contributed by atoms with Crippen molar-refractivity contribution in [1.82, 2.24) is 24.6 Å². The van der Waals surface area contributed by atoms with Gasteiger partial charge in [-0.25, -0.2) is 26.5 Å². The summed E-state index contributed by atoms with van der Waals surface area (Å²) >= 11 is 6.36. The lowest BCUT2D eigenvalue weighted by molar-refractivity contribution is -0.141. The second kappa shape index (κ2) is 15.6. The molecule has 58 heavy (non-hydrogen) atoms. The number of hydrogen-bond donors (Lipinski definition) is 4. The van der Waals surface area contributed by atoms with Gasteiger partial charge in [-0.2, -0.15) is 0 Å². The van der Waals surface area contributed by atoms with Crippen LogP contribution in [0.15, 0.2) is 66.2 Å². The zero-order valence-corrected chi connectivity index (χ0v) is 36.0. The van der Waals surface area contributed by atoms with Crippen molar-refractivity contribution in [3.8, 4) is 11.6 Å². The molecule has 1 aliphatic heterocycles. The molecule has 18 heteroatoms. The molecule has 3 amide bonds. The van der Waals surface area contributed by atoms with Gasteiger partial charge in [-0.1, -0.05) is 38.4 Å². The van der Waals surface area contributed by atoms with Crippen molar-refractivity contribution in [2.24, 2.45) is 11.3 Å². The highest BCUT2D eigenvalue weighted by Crippen LogP contribution is 2.46. The molecule has 2 aliphatic carbocycles. The molecule has 2 heterocycles. The summed E-state index contributed by atoms with van der Waals surface area (Å²) in [6, 6.07) is 9.06. The van der Waals surface area contributed by atoms with E-state index in [9.17, 15) is 31.2 Å². The molecule has 1 aromatic heterocycles. The molecule has 3 fully saturated rings. The van der Waals surface area contributed by atoms with Gasteiger partial charge < -0.3 is 25.0 Å². The highest BCUT2D eigenvalue weighted by atomic mass is 35.5. The molecule has 3 aromatic rings. The number of amides is 3. The van der Waals surface area contributed by atoms with Crippen LogP contribution in [0, 0.1) is 11.3 Å². The number of aromatic nitrogens is 1. The van der Waals surface area contributed by atoms with Crippen LogP contribution in [-0.2, 0) is 34.4 Å². The van der Waals surface area contributed by atoms with Crippen molar-refractivity contribution < 1.29 is 40.7 Å². The number of fused-ring (bicyclic) bond motifs is 1. The van der Waals surface area contributed by atoms with E-state index in [1.165, 1.54) is 36.4 Å². The Kier molecular flexibility index (Phi) is 11.6. The maximum atomic E-state index is 14.8. The summed E-state index contributed by atoms with van der Waals surface area (Å²) in [5.74, 6) is -1.85. The van der Waals surface area contributed by atoms with Crippen molar-refractivity contribution >= 4 is 65.8 Å². The van der Waals surface area contributed by atoms with E-state index in [1.54, 1.807) is 51.1 Å². The molecule has 0 spiro atoms. The normalized spacial score (nSPS) is 22.8. The Labute approximate surface area is 344 Å². The Balaban J connectivity index is 1.31. The smallest absolute Gasteiger partial charge is 0.259 e. The highest BCUT2D eigenvalue weighted by Gasteiger charge is 2.62. The first-order valence-electron chi connectivity index (χ1n) is 19.0. The Morgan fingerprint density at radius 3 is 2.26 bits per heavy atom.